The number of nitrogens with two attached hydrogens (primary N) is 1. The fourth-order valence-corrected chi connectivity index (χ4v) is 4.36. The molecule has 0 aromatic carbocycles. The second-order valence-corrected chi connectivity index (χ2v) is 7.66. The van der Waals surface area contributed by atoms with Crippen molar-refractivity contribution in [3.05, 3.63) is 23.7 Å². The monoisotopic (exact) mass is 349 g/mol. The summed E-state index contributed by atoms with van der Waals surface area (Å²) in [5, 5.41) is 21.3. The van der Waals surface area contributed by atoms with Crippen LogP contribution in [0.15, 0.2) is 12.3 Å². The Balaban J connectivity index is 1.47. The average molecular weight is 349 g/mol. The summed E-state index contributed by atoms with van der Waals surface area (Å²) in [5.74, 6) is 1.82. The minimum atomic E-state index is 0.343. The Kier molecular flexibility index (Phi) is 3.73. The highest BCUT2D eigenvalue weighted by molar-refractivity contribution is 7.94. The topological polar surface area (TPSA) is 86.2 Å². The van der Waals surface area contributed by atoms with Gasteiger partial charge in [0.2, 0.25) is 0 Å². The van der Waals surface area contributed by atoms with E-state index in [1.54, 1.807) is 0 Å². The first kappa shape index (κ1) is 16.1. The molecule has 2 fully saturated rings. The summed E-state index contributed by atoms with van der Waals surface area (Å²) >= 11 is 0.824. The van der Waals surface area contributed by atoms with Crippen molar-refractivity contribution < 1.29 is 5.21 Å². The second-order valence-electron chi connectivity index (χ2n) is 7.12. The van der Waals surface area contributed by atoms with Crippen molar-refractivity contribution in [2.75, 3.05) is 25.0 Å². The van der Waals surface area contributed by atoms with Crippen LogP contribution in [0, 0.1) is 19.3 Å². The lowest BCUT2D eigenvalue weighted by molar-refractivity contribution is -0.196. The smallest absolute Gasteiger partial charge is 0.157 e. The Morgan fingerprint density at radius 3 is 2.75 bits per heavy atom. The van der Waals surface area contributed by atoms with Crippen LogP contribution in [0.3, 0.4) is 0 Å². The summed E-state index contributed by atoms with van der Waals surface area (Å²) in [7, 11) is 1.87. The molecule has 1 aliphatic heterocycles. The molecule has 2 aliphatic rings. The SMILES string of the molecule is Cc1nc(N2CC3(CC(N(C)N(O)SN)C3)C2)c2c(C)ccn2n1. The number of rotatable bonds is 4. The predicted molar refractivity (Wildman–Crippen MR) is 93.3 cm³/mol. The Bertz CT molecular complexity index is 765. The number of aromatic nitrogens is 3. The maximum Gasteiger partial charge on any atom is 0.157 e. The average Bonchev–Trinajstić information content (AvgIpc) is 2.84. The van der Waals surface area contributed by atoms with Crippen LogP contribution >= 0.6 is 12.1 Å². The van der Waals surface area contributed by atoms with Crippen molar-refractivity contribution in [1.82, 2.24) is 24.2 Å². The van der Waals surface area contributed by atoms with Gasteiger partial charge in [0, 0.05) is 49.9 Å². The lowest BCUT2D eigenvalue weighted by Crippen LogP contribution is -2.67. The predicted octanol–water partition coefficient (Wildman–Crippen LogP) is 1.37. The zero-order valence-electron chi connectivity index (χ0n) is 14.2. The number of hydrazine groups is 1. The molecule has 3 N–H and O–H groups in total. The van der Waals surface area contributed by atoms with E-state index >= 15 is 0 Å². The zero-order valence-corrected chi connectivity index (χ0v) is 15.0. The van der Waals surface area contributed by atoms with Gasteiger partial charge in [0.05, 0.1) is 0 Å². The van der Waals surface area contributed by atoms with Crippen molar-refractivity contribution in [3.63, 3.8) is 0 Å². The van der Waals surface area contributed by atoms with Crippen molar-refractivity contribution in [1.29, 1.82) is 0 Å². The van der Waals surface area contributed by atoms with E-state index in [4.69, 9.17) is 10.1 Å². The van der Waals surface area contributed by atoms with E-state index in [0.29, 0.717) is 11.5 Å². The number of fused-ring (bicyclic) bond motifs is 1. The molecule has 0 unspecified atom stereocenters. The van der Waals surface area contributed by atoms with Crippen molar-refractivity contribution in [2.24, 2.45) is 10.6 Å². The standard InChI is InChI=1S/C15H23N7OS/c1-10-4-5-21-13(10)14(17-11(2)18-21)20-8-15(9-20)6-12(7-15)19(3)22(23)24-16/h4-5,12,23H,6-9,16H2,1-3H3. The summed E-state index contributed by atoms with van der Waals surface area (Å²) in [6.07, 6.45) is 4.13. The van der Waals surface area contributed by atoms with Gasteiger partial charge in [-0.1, -0.05) is 0 Å². The van der Waals surface area contributed by atoms with Crippen LogP contribution in [0.2, 0.25) is 0 Å². The fraction of sp³-hybridized carbons (Fsp3) is 0.600. The minimum Gasteiger partial charge on any atom is -0.354 e. The van der Waals surface area contributed by atoms with Gasteiger partial charge < -0.3 is 4.90 Å². The van der Waals surface area contributed by atoms with Gasteiger partial charge >= 0.3 is 0 Å². The number of anilines is 1. The van der Waals surface area contributed by atoms with Gasteiger partial charge in [-0.3, -0.25) is 10.3 Å². The van der Waals surface area contributed by atoms with E-state index in [9.17, 15) is 5.21 Å². The van der Waals surface area contributed by atoms with E-state index in [1.807, 2.05) is 29.7 Å². The number of hydrogen-bond donors (Lipinski definition) is 2. The maximum absolute atomic E-state index is 9.68. The van der Waals surface area contributed by atoms with Crippen LogP contribution in [0.25, 0.3) is 5.52 Å². The molecule has 1 saturated carbocycles. The van der Waals surface area contributed by atoms with E-state index in [-0.39, 0.29) is 0 Å². The molecule has 1 spiro atoms. The van der Waals surface area contributed by atoms with Gasteiger partial charge in [-0.2, -0.15) is 5.10 Å². The molecule has 2 aromatic heterocycles. The molecule has 0 amide bonds. The first-order valence-corrected chi connectivity index (χ1v) is 8.92. The van der Waals surface area contributed by atoms with Crippen LogP contribution in [0.1, 0.15) is 24.2 Å². The molecule has 4 rings (SSSR count). The third kappa shape index (κ3) is 2.39. The third-order valence-electron chi connectivity index (χ3n) is 5.38. The van der Waals surface area contributed by atoms with Gasteiger partial charge in [-0.05, 0) is 42.9 Å². The lowest BCUT2D eigenvalue weighted by Gasteiger charge is -2.61. The summed E-state index contributed by atoms with van der Waals surface area (Å²) in [6.45, 7) is 6.05. The van der Waals surface area contributed by atoms with E-state index in [2.05, 4.69) is 23.0 Å². The Hall–Kier alpha value is -1.39. The molecule has 0 radical (unpaired) electrons. The summed E-state index contributed by atoms with van der Waals surface area (Å²) < 4.78 is 2.94. The van der Waals surface area contributed by atoms with Gasteiger partial charge in [0.15, 0.2) is 5.82 Å². The summed E-state index contributed by atoms with van der Waals surface area (Å²) in [4.78, 5) is 7.04. The molecule has 130 valence electrons. The molecular weight excluding hydrogens is 326 g/mol. The van der Waals surface area contributed by atoms with Crippen LogP contribution < -0.4 is 10.0 Å². The molecule has 0 bridgehead atoms. The Morgan fingerprint density at radius 2 is 2.08 bits per heavy atom. The van der Waals surface area contributed by atoms with Gasteiger partial charge in [0.25, 0.3) is 0 Å². The van der Waals surface area contributed by atoms with Crippen LogP contribution in [-0.2, 0) is 0 Å². The largest absolute Gasteiger partial charge is 0.354 e. The van der Waals surface area contributed by atoms with Crippen LogP contribution in [0.5, 0.6) is 0 Å². The fourth-order valence-electron chi connectivity index (χ4n) is 4.07. The quantitative estimate of drug-likeness (QED) is 0.632. The molecular formula is C15H23N7OS. The number of hydrogen-bond acceptors (Lipinski definition) is 8. The molecule has 8 nitrogen and oxygen atoms in total. The molecule has 3 heterocycles. The van der Waals surface area contributed by atoms with Crippen molar-refractivity contribution in [3.8, 4) is 0 Å². The molecule has 1 saturated heterocycles. The highest BCUT2D eigenvalue weighted by Crippen LogP contribution is 2.51. The van der Waals surface area contributed by atoms with E-state index in [0.717, 1.165) is 59.8 Å². The van der Waals surface area contributed by atoms with Crippen molar-refractivity contribution in [2.45, 2.75) is 32.7 Å². The summed E-state index contributed by atoms with van der Waals surface area (Å²) in [5.41, 5.74) is 2.65. The minimum absolute atomic E-state index is 0.343. The Labute approximate surface area is 145 Å². The first-order valence-electron chi connectivity index (χ1n) is 8.09. The number of nitrogens with zero attached hydrogens (tertiary/aromatic N) is 6. The first-order chi connectivity index (χ1) is 11.4. The number of aryl methyl sites for hydroxylation is 2. The maximum atomic E-state index is 9.68. The summed E-state index contributed by atoms with van der Waals surface area (Å²) in [6, 6.07) is 2.42. The highest BCUT2D eigenvalue weighted by atomic mass is 32.2. The Morgan fingerprint density at radius 1 is 1.38 bits per heavy atom. The van der Waals surface area contributed by atoms with Gasteiger partial charge in [0.1, 0.15) is 11.3 Å². The van der Waals surface area contributed by atoms with Crippen LogP contribution in [-0.4, -0.2) is 55.6 Å². The highest BCUT2D eigenvalue weighted by Gasteiger charge is 2.54. The van der Waals surface area contributed by atoms with Gasteiger partial charge in [-0.15, -0.1) is 0 Å². The lowest BCUT2D eigenvalue weighted by atomic mass is 9.60. The zero-order chi connectivity index (χ0) is 17.1. The molecule has 9 heteroatoms. The molecule has 1 aliphatic carbocycles. The third-order valence-corrected chi connectivity index (χ3v) is 5.83. The molecule has 2 aromatic rings. The van der Waals surface area contributed by atoms with Gasteiger partial charge in [-0.25, -0.2) is 14.5 Å². The van der Waals surface area contributed by atoms with Crippen molar-refractivity contribution >= 4 is 23.5 Å². The second kappa shape index (κ2) is 5.57. The normalized spacial score (nSPS) is 20.2. The van der Waals surface area contributed by atoms with Crippen LogP contribution in [0.4, 0.5) is 5.82 Å². The molecule has 0 atom stereocenters. The van der Waals surface area contributed by atoms with E-state index in [1.165, 1.54) is 5.56 Å². The molecule has 24 heavy (non-hydrogen) atoms. The van der Waals surface area contributed by atoms with E-state index < -0.39 is 0 Å².